The van der Waals surface area contributed by atoms with Crippen molar-refractivity contribution in [3.63, 3.8) is 0 Å². The molecule has 10 heteroatoms. The monoisotopic (exact) mass is 953 g/mol. The molecule has 2 unspecified atom stereocenters. The Kier molecular flexibility index (Phi) is 45.5. The van der Waals surface area contributed by atoms with Gasteiger partial charge in [0.1, 0.15) is 31.0 Å². The molecule has 0 aromatic carbocycles. The smallest absolute Gasteiger partial charge is 0.306 e. The maximum absolute atomic E-state index is 12.9. The number of unbranched alkanes of at least 4 members (excludes halogenated alkanes) is 37. The van der Waals surface area contributed by atoms with Crippen molar-refractivity contribution in [3.8, 4) is 0 Å². The van der Waals surface area contributed by atoms with Crippen molar-refractivity contribution < 1.29 is 49.0 Å². The summed E-state index contributed by atoms with van der Waals surface area (Å²) < 4.78 is 22.3. The Hall–Kier alpha value is -1.56. The first-order chi connectivity index (χ1) is 32.8. The molecule has 0 bridgehead atoms. The van der Waals surface area contributed by atoms with E-state index in [2.05, 4.69) is 26.0 Å². The first-order valence-corrected chi connectivity index (χ1v) is 28.8. The molecule has 0 aromatic rings. The van der Waals surface area contributed by atoms with Crippen LogP contribution in [-0.4, -0.2) is 89.0 Å². The average Bonchev–Trinajstić information content (AvgIpc) is 3.33. The number of hydrogen-bond acceptors (Lipinski definition) is 10. The van der Waals surface area contributed by atoms with Gasteiger partial charge in [-0.15, -0.1) is 0 Å². The molecule has 0 aliphatic carbocycles. The van der Waals surface area contributed by atoms with E-state index in [0.29, 0.717) is 12.8 Å². The molecule has 6 atom stereocenters. The fourth-order valence-corrected chi connectivity index (χ4v) is 9.14. The zero-order valence-electron chi connectivity index (χ0n) is 43.7. The van der Waals surface area contributed by atoms with Crippen LogP contribution >= 0.6 is 0 Å². The average molecular weight is 953 g/mol. The van der Waals surface area contributed by atoms with Gasteiger partial charge in [0, 0.05) is 12.8 Å². The third-order valence-electron chi connectivity index (χ3n) is 13.7. The zero-order valence-corrected chi connectivity index (χ0v) is 43.7. The van der Waals surface area contributed by atoms with Crippen LogP contribution in [0.25, 0.3) is 0 Å². The van der Waals surface area contributed by atoms with E-state index in [-0.39, 0.29) is 26.1 Å². The van der Waals surface area contributed by atoms with E-state index in [1.165, 1.54) is 212 Å². The molecule has 396 valence electrons. The van der Waals surface area contributed by atoms with Crippen LogP contribution in [-0.2, 0) is 28.5 Å². The van der Waals surface area contributed by atoms with Crippen LogP contribution in [0.1, 0.15) is 284 Å². The molecule has 0 amide bonds. The molecule has 1 fully saturated rings. The van der Waals surface area contributed by atoms with Crippen LogP contribution in [0.5, 0.6) is 0 Å². The number of ether oxygens (including phenoxy) is 4. The van der Waals surface area contributed by atoms with Gasteiger partial charge in [-0.25, -0.2) is 0 Å². The summed E-state index contributed by atoms with van der Waals surface area (Å²) in [6, 6.07) is 0. The third-order valence-corrected chi connectivity index (χ3v) is 13.7. The normalized spacial score (nSPS) is 19.0. The summed E-state index contributed by atoms with van der Waals surface area (Å²) in [5.74, 6) is -0.824. The van der Waals surface area contributed by atoms with Gasteiger partial charge in [0.2, 0.25) is 0 Å². The van der Waals surface area contributed by atoms with Crippen molar-refractivity contribution in [1.82, 2.24) is 0 Å². The minimum Gasteiger partial charge on any atom is -0.462 e. The van der Waals surface area contributed by atoms with E-state index < -0.39 is 55.4 Å². The van der Waals surface area contributed by atoms with Crippen LogP contribution in [0, 0.1) is 0 Å². The van der Waals surface area contributed by atoms with Gasteiger partial charge in [-0.1, -0.05) is 251 Å². The zero-order chi connectivity index (χ0) is 48.7. The second-order valence-corrected chi connectivity index (χ2v) is 20.1. The van der Waals surface area contributed by atoms with Crippen molar-refractivity contribution in [2.24, 2.45) is 0 Å². The quantitative estimate of drug-likeness (QED) is 0.0263. The lowest BCUT2D eigenvalue weighted by molar-refractivity contribution is -0.305. The highest BCUT2D eigenvalue weighted by Crippen LogP contribution is 2.23. The van der Waals surface area contributed by atoms with Gasteiger partial charge in [0.05, 0.1) is 13.2 Å². The summed E-state index contributed by atoms with van der Waals surface area (Å²) in [7, 11) is 0. The van der Waals surface area contributed by atoms with Gasteiger partial charge in [-0.3, -0.25) is 9.59 Å². The van der Waals surface area contributed by atoms with Crippen LogP contribution in [0.4, 0.5) is 0 Å². The van der Waals surface area contributed by atoms with Gasteiger partial charge in [0.15, 0.2) is 12.4 Å². The molecule has 1 rings (SSSR count). The van der Waals surface area contributed by atoms with E-state index in [0.717, 1.165) is 32.1 Å². The highest BCUT2D eigenvalue weighted by molar-refractivity contribution is 5.70. The van der Waals surface area contributed by atoms with Gasteiger partial charge in [0.25, 0.3) is 0 Å². The molecular weight excluding hydrogens is 845 g/mol. The number of aliphatic hydroxyl groups is 4. The van der Waals surface area contributed by atoms with Crippen LogP contribution in [0.3, 0.4) is 0 Å². The predicted molar refractivity (Wildman–Crippen MR) is 275 cm³/mol. The Morgan fingerprint density at radius 3 is 1.21 bits per heavy atom. The van der Waals surface area contributed by atoms with Crippen LogP contribution < -0.4 is 0 Å². The molecule has 10 nitrogen and oxygen atoms in total. The van der Waals surface area contributed by atoms with E-state index >= 15 is 0 Å². The van der Waals surface area contributed by atoms with E-state index in [4.69, 9.17) is 18.9 Å². The van der Waals surface area contributed by atoms with E-state index in [1.807, 2.05) is 0 Å². The Labute approximate surface area is 411 Å². The lowest BCUT2D eigenvalue weighted by Crippen LogP contribution is -2.59. The van der Waals surface area contributed by atoms with Gasteiger partial charge in [-0.2, -0.15) is 0 Å². The summed E-state index contributed by atoms with van der Waals surface area (Å²) in [6.07, 6.45) is 48.1. The first-order valence-electron chi connectivity index (χ1n) is 28.8. The topological polar surface area (TPSA) is 152 Å². The Morgan fingerprint density at radius 1 is 0.448 bits per heavy atom. The summed E-state index contributed by atoms with van der Waals surface area (Å²) in [6.45, 7) is 3.47. The minimum absolute atomic E-state index is 0.226. The van der Waals surface area contributed by atoms with Gasteiger partial charge in [-0.05, 0) is 32.1 Å². The first kappa shape index (κ1) is 63.5. The lowest BCUT2D eigenvalue weighted by atomic mass is 9.99. The number of hydrogen-bond donors (Lipinski definition) is 4. The number of carbonyl (C=O) groups excluding carboxylic acids is 2. The van der Waals surface area contributed by atoms with E-state index in [9.17, 15) is 30.0 Å². The van der Waals surface area contributed by atoms with Crippen LogP contribution in [0.15, 0.2) is 12.2 Å². The SMILES string of the molecule is CCCCCCCCCCCCCCCCCCCC/C=C/CCCC(=O)OC[C@@H](CO[C@H]1O[C@@H](CO)[C@@H](O)C(O)C1O)OC(=O)CCCCCCCCCCCCCCCCCCCCC. The fraction of sp³-hybridized carbons (Fsp3) is 0.930. The fourth-order valence-electron chi connectivity index (χ4n) is 9.14. The molecule has 0 radical (unpaired) electrons. The van der Waals surface area contributed by atoms with Crippen LogP contribution in [0.2, 0.25) is 0 Å². The van der Waals surface area contributed by atoms with Gasteiger partial charge < -0.3 is 39.4 Å². The third kappa shape index (κ3) is 38.8. The van der Waals surface area contributed by atoms with Crippen molar-refractivity contribution in [1.29, 1.82) is 0 Å². The molecule has 0 saturated carbocycles. The highest BCUT2D eigenvalue weighted by atomic mass is 16.7. The second kappa shape index (κ2) is 48.1. The van der Waals surface area contributed by atoms with Crippen molar-refractivity contribution in [2.45, 2.75) is 320 Å². The molecule has 1 aliphatic rings. The highest BCUT2D eigenvalue weighted by Gasteiger charge is 2.44. The molecule has 67 heavy (non-hydrogen) atoms. The Balaban J connectivity index is 2.20. The molecule has 1 heterocycles. The molecule has 1 saturated heterocycles. The Morgan fingerprint density at radius 2 is 0.806 bits per heavy atom. The standard InChI is InChI=1S/C57H108O10/c1-3-5-7-9-11-13-15-17-19-21-23-24-25-26-28-29-31-33-35-37-39-41-43-45-52(59)64-48-50(49-65-57-56(63)55(62)54(61)51(47-58)67-57)66-53(60)46-44-42-40-38-36-34-32-30-27-22-20-18-16-14-12-10-8-6-4-2/h37,39,50-51,54-58,61-63H,3-36,38,40-49H2,1-2H3/b39-37+/t50-,51-,54+,55?,56?,57-/m0/s1. The summed E-state index contributed by atoms with van der Waals surface area (Å²) in [5.41, 5.74) is 0. The molecule has 0 aromatic heterocycles. The summed E-state index contributed by atoms with van der Waals surface area (Å²) in [4.78, 5) is 25.5. The second-order valence-electron chi connectivity index (χ2n) is 20.1. The molecular formula is C57H108O10. The van der Waals surface area contributed by atoms with Crippen molar-refractivity contribution >= 4 is 11.9 Å². The number of allylic oxidation sites excluding steroid dienone is 2. The van der Waals surface area contributed by atoms with Crippen molar-refractivity contribution in [2.75, 3.05) is 19.8 Å². The molecule has 0 spiro atoms. The summed E-state index contributed by atoms with van der Waals surface area (Å²) >= 11 is 0. The van der Waals surface area contributed by atoms with E-state index in [1.54, 1.807) is 0 Å². The summed E-state index contributed by atoms with van der Waals surface area (Å²) in [5, 5.41) is 40.3. The lowest BCUT2D eigenvalue weighted by Gasteiger charge is -2.39. The number of aliphatic hydroxyl groups excluding tert-OH is 4. The number of esters is 2. The number of rotatable bonds is 50. The maximum Gasteiger partial charge on any atom is 0.306 e. The number of carbonyl (C=O) groups is 2. The van der Waals surface area contributed by atoms with Gasteiger partial charge >= 0.3 is 11.9 Å². The maximum atomic E-state index is 12.9. The Bertz CT molecular complexity index is 1100. The minimum atomic E-state index is -1.60. The molecule has 4 N–H and O–H groups in total. The largest absolute Gasteiger partial charge is 0.462 e. The van der Waals surface area contributed by atoms with Crippen molar-refractivity contribution in [3.05, 3.63) is 12.2 Å². The molecule has 1 aliphatic heterocycles. The predicted octanol–water partition coefficient (Wildman–Crippen LogP) is 14.2.